The van der Waals surface area contributed by atoms with Crippen molar-refractivity contribution in [2.75, 3.05) is 13.2 Å². The molecule has 2 aliphatic rings. The highest BCUT2D eigenvalue weighted by atomic mass is 16.6. The van der Waals surface area contributed by atoms with Crippen LogP contribution in [0, 0.1) is 12.8 Å². The maximum absolute atomic E-state index is 5.70. The molecule has 4 rings (SSSR count). The molecule has 2 aromatic rings. The van der Waals surface area contributed by atoms with Crippen molar-refractivity contribution in [2.24, 2.45) is 5.92 Å². The Morgan fingerprint density at radius 2 is 2.00 bits per heavy atom. The monoisotopic (exact) mass is 300 g/mol. The summed E-state index contributed by atoms with van der Waals surface area (Å²) in [5.41, 5.74) is 2.20. The molecule has 5 nitrogen and oxygen atoms in total. The number of aromatic nitrogens is 1. The summed E-state index contributed by atoms with van der Waals surface area (Å²) in [6.07, 6.45) is 2.54. The first-order valence-electron chi connectivity index (χ1n) is 7.85. The van der Waals surface area contributed by atoms with Gasteiger partial charge in [-0.3, -0.25) is 0 Å². The number of aryl methyl sites for hydroxylation is 1. The van der Waals surface area contributed by atoms with Crippen molar-refractivity contribution < 1.29 is 14.0 Å². The van der Waals surface area contributed by atoms with E-state index >= 15 is 0 Å². The first kappa shape index (κ1) is 13.6. The second kappa shape index (κ2) is 5.65. The molecule has 1 saturated carbocycles. The summed E-state index contributed by atoms with van der Waals surface area (Å²) in [6.45, 7) is 3.88. The van der Waals surface area contributed by atoms with Gasteiger partial charge in [0.25, 0.3) is 0 Å². The van der Waals surface area contributed by atoms with E-state index in [0.717, 1.165) is 23.0 Å². The zero-order valence-electron chi connectivity index (χ0n) is 12.7. The minimum atomic E-state index is 0.327. The van der Waals surface area contributed by atoms with Crippen LogP contribution in [0.2, 0.25) is 0 Å². The molecule has 1 atom stereocenters. The molecule has 22 heavy (non-hydrogen) atoms. The van der Waals surface area contributed by atoms with Crippen LogP contribution in [0.15, 0.2) is 28.8 Å². The van der Waals surface area contributed by atoms with Crippen LogP contribution in [0.25, 0.3) is 0 Å². The van der Waals surface area contributed by atoms with Crippen LogP contribution >= 0.6 is 0 Å². The second-order valence-electron chi connectivity index (χ2n) is 6.03. The highest BCUT2D eigenvalue weighted by Gasteiger charge is 2.32. The third kappa shape index (κ3) is 2.81. The Bertz CT molecular complexity index is 664. The average Bonchev–Trinajstić information content (AvgIpc) is 3.29. The molecule has 1 aliphatic carbocycles. The number of hydrogen-bond donors (Lipinski definition) is 1. The lowest BCUT2D eigenvalue weighted by Gasteiger charge is -2.22. The Balaban J connectivity index is 1.51. The van der Waals surface area contributed by atoms with E-state index in [1.165, 1.54) is 18.4 Å². The van der Waals surface area contributed by atoms with Crippen LogP contribution in [0.1, 0.15) is 35.9 Å². The zero-order valence-corrected chi connectivity index (χ0v) is 12.7. The lowest BCUT2D eigenvalue weighted by atomic mass is 10.0. The number of fused-ring (bicyclic) bond motifs is 1. The van der Waals surface area contributed by atoms with Gasteiger partial charge in [-0.25, -0.2) is 0 Å². The summed E-state index contributed by atoms with van der Waals surface area (Å²) >= 11 is 0. The van der Waals surface area contributed by atoms with E-state index in [1.807, 2.05) is 19.1 Å². The molecule has 1 aromatic carbocycles. The maximum atomic E-state index is 5.70. The number of hydrogen-bond acceptors (Lipinski definition) is 5. The molecule has 0 spiro atoms. The molecule has 0 amide bonds. The topological polar surface area (TPSA) is 56.5 Å². The van der Waals surface area contributed by atoms with Gasteiger partial charge in [0, 0.05) is 18.7 Å². The molecular formula is C17H20N2O3. The number of nitrogens with one attached hydrogen (secondary N) is 1. The molecule has 5 heteroatoms. The van der Waals surface area contributed by atoms with Crippen molar-refractivity contribution in [2.45, 2.75) is 32.4 Å². The van der Waals surface area contributed by atoms with Gasteiger partial charge in [-0.15, -0.1) is 0 Å². The van der Waals surface area contributed by atoms with E-state index in [4.69, 9.17) is 14.0 Å². The predicted molar refractivity (Wildman–Crippen MR) is 81.0 cm³/mol. The summed E-state index contributed by atoms with van der Waals surface area (Å²) in [5.74, 6) is 3.24. The quantitative estimate of drug-likeness (QED) is 0.920. The standard InChI is InChI=1S/C17H20N2O3/c1-11-8-14(19-22-11)10-18-17(12-2-3-12)13-4-5-15-16(9-13)21-7-6-20-15/h4-5,8-9,12,17-18H,2-3,6-7,10H2,1H3/t17-/m0/s1. The van der Waals surface area contributed by atoms with E-state index in [2.05, 4.69) is 22.6 Å². The van der Waals surface area contributed by atoms with Crippen molar-refractivity contribution in [1.29, 1.82) is 0 Å². The number of ether oxygens (including phenoxy) is 2. The molecule has 1 N–H and O–H groups in total. The highest BCUT2D eigenvalue weighted by Crippen LogP contribution is 2.43. The molecular weight excluding hydrogens is 280 g/mol. The van der Waals surface area contributed by atoms with Gasteiger partial charge in [0.05, 0.1) is 5.69 Å². The van der Waals surface area contributed by atoms with Crippen LogP contribution < -0.4 is 14.8 Å². The smallest absolute Gasteiger partial charge is 0.161 e. The highest BCUT2D eigenvalue weighted by molar-refractivity contribution is 5.45. The molecule has 1 fully saturated rings. The van der Waals surface area contributed by atoms with Crippen molar-refractivity contribution in [3.63, 3.8) is 0 Å². The van der Waals surface area contributed by atoms with Gasteiger partial charge in [-0.05, 0) is 43.4 Å². The third-order valence-electron chi connectivity index (χ3n) is 4.20. The number of benzene rings is 1. The molecule has 0 radical (unpaired) electrons. The predicted octanol–water partition coefficient (Wildman–Crippen LogP) is 3.00. The van der Waals surface area contributed by atoms with Gasteiger partial charge in [0.2, 0.25) is 0 Å². The Labute approximate surface area is 129 Å². The largest absolute Gasteiger partial charge is 0.486 e. The number of nitrogens with zero attached hydrogens (tertiary/aromatic N) is 1. The van der Waals surface area contributed by atoms with Gasteiger partial charge in [-0.1, -0.05) is 11.2 Å². The molecule has 0 unspecified atom stereocenters. The number of rotatable bonds is 5. The van der Waals surface area contributed by atoms with Gasteiger partial charge in [-0.2, -0.15) is 0 Å². The van der Waals surface area contributed by atoms with Crippen LogP contribution in [0.3, 0.4) is 0 Å². The molecule has 1 aromatic heterocycles. The molecule has 116 valence electrons. The average molecular weight is 300 g/mol. The van der Waals surface area contributed by atoms with E-state index in [0.29, 0.717) is 31.7 Å². The van der Waals surface area contributed by atoms with Crippen LogP contribution in [-0.4, -0.2) is 18.4 Å². The fourth-order valence-corrected chi connectivity index (χ4v) is 2.96. The van der Waals surface area contributed by atoms with Crippen molar-refractivity contribution in [3.05, 3.63) is 41.3 Å². The second-order valence-corrected chi connectivity index (χ2v) is 6.03. The Hall–Kier alpha value is -2.01. The lowest BCUT2D eigenvalue weighted by Crippen LogP contribution is -2.23. The SMILES string of the molecule is Cc1cc(CN[C@H](c2ccc3c(c2)OCCO3)C2CC2)no1. The molecule has 0 saturated heterocycles. The lowest BCUT2D eigenvalue weighted by molar-refractivity contribution is 0.171. The summed E-state index contributed by atoms with van der Waals surface area (Å²) in [4.78, 5) is 0. The van der Waals surface area contributed by atoms with E-state index in [1.54, 1.807) is 0 Å². The first-order chi connectivity index (χ1) is 10.8. The van der Waals surface area contributed by atoms with Crippen molar-refractivity contribution in [3.8, 4) is 11.5 Å². The summed E-state index contributed by atoms with van der Waals surface area (Å²) in [5, 5.41) is 7.66. The van der Waals surface area contributed by atoms with Crippen molar-refractivity contribution in [1.82, 2.24) is 10.5 Å². The molecule has 0 bridgehead atoms. The van der Waals surface area contributed by atoms with Crippen LogP contribution in [0.5, 0.6) is 11.5 Å². The van der Waals surface area contributed by atoms with Gasteiger partial charge < -0.3 is 19.3 Å². The maximum Gasteiger partial charge on any atom is 0.161 e. The normalized spacial score (nSPS) is 18.2. The Morgan fingerprint density at radius 1 is 1.18 bits per heavy atom. The van der Waals surface area contributed by atoms with Crippen molar-refractivity contribution >= 4 is 0 Å². The Kier molecular flexibility index (Phi) is 3.50. The first-order valence-corrected chi connectivity index (χ1v) is 7.85. The molecule has 1 aliphatic heterocycles. The zero-order chi connectivity index (χ0) is 14.9. The fourth-order valence-electron chi connectivity index (χ4n) is 2.96. The summed E-state index contributed by atoms with van der Waals surface area (Å²) in [7, 11) is 0. The van der Waals surface area contributed by atoms with Gasteiger partial charge in [0.15, 0.2) is 11.5 Å². The van der Waals surface area contributed by atoms with Crippen LogP contribution in [0.4, 0.5) is 0 Å². The van der Waals surface area contributed by atoms with Gasteiger partial charge in [0.1, 0.15) is 19.0 Å². The van der Waals surface area contributed by atoms with E-state index in [-0.39, 0.29) is 0 Å². The van der Waals surface area contributed by atoms with Crippen LogP contribution in [-0.2, 0) is 6.54 Å². The van der Waals surface area contributed by atoms with E-state index in [9.17, 15) is 0 Å². The molecule has 2 heterocycles. The van der Waals surface area contributed by atoms with E-state index < -0.39 is 0 Å². The minimum absolute atomic E-state index is 0.327. The summed E-state index contributed by atoms with van der Waals surface area (Å²) in [6, 6.07) is 8.56. The fraction of sp³-hybridized carbons (Fsp3) is 0.471. The summed E-state index contributed by atoms with van der Waals surface area (Å²) < 4.78 is 16.4. The third-order valence-corrected chi connectivity index (χ3v) is 4.20. The Morgan fingerprint density at radius 3 is 2.73 bits per heavy atom. The van der Waals surface area contributed by atoms with Gasteiger partial charge >= 0.3 is 0 Å². The minimum Gasteiger partial charge on any atom is -0.486 e.